The van der Waals surface area contributed by atoms with Crippen LogP contribution in [-0.2, 0) is 30.9 Å². The van der Waals surface area contributed by atoms with Crippen molar-refractivity contribution in [1.82, 2.24) is 50.1 Å². The molecule has 0 saturated heterocycles. The van der Waals surface area contributed by atoms with Crippen molar-refractivity contribution in [3.05, 3.63) is 163 Å². The Labute approximate surface area is 417 Å². The highest BCUT2D eigenvalue weighted by Crippen LogP contribution is 2.23. The molecule has 8 rings (SSSR count). The molecule has 0 fully saturated rings. The second-order valence-electron chi connectivity index (χ2n) is 17.8. The molecule has 6 aromatic heterocycles. The topological polar surface area (TPSA) is 210 Å². The summed E-state index contributed by atoms with van der Waals surface area (Å²) in [5.74, 6) is 0.481. The molecule has 0 aliphatic carbocycles. The van der Waals surface area contributed by atoms with E-state index in [0.717, 1.165) is 60.9 Å². The summed E-state index contributed by atoms with van der Waals surface area (Å²) in [6.07, 6.45) is 6.21. The molecular formula is C52H58Cl2N12O4. The first kappa shape index (κ1) is 52.0. The number of ether oxygens (including phenoxy) is 1. The quantitative estimate of drug-likeness (QED) is 0.0958. The molecule has 70 heavy (non-hydrogen) atoms. The lowest BCUT2D eigenvalue weighted by Gasteiger charge is -2.20. The molecule has 5 N–H and O–H groups in total. The highest BCUT2D eigenvalue weighted by molar-refractivity contribution is 6.31. The van der Waals surface area contributed by atoms with Gasteiger partial charge in [0.2, 0.25) is 0 Å². The Kier molecular flexibility index (Phi) is 16.2. The van der Waals surface area contributed by atoms with Gasteiger partial charge in [0.05, 0.1) is 56.7 Å². The molecule has 364 valence electrons. The van der Waals surface area contributed by atoms with Crippen molar-refractivity contribution >= 4 is 74.6 Å². The van der Waals surface area contributed by atoms with Crippen molar-refractivity contribution in [3.63, 3.8) is 0 Å². The van der Waals surface area contributed by atoms with E-state index in [1.807, 2.05) is 96.1 Å². The average Bonchev–Trinajstić information content (AvgIpc) is 3.82. The van der Waals surface area contributed by atoms with Crippen LogP contribution in [0.25, 0.3) is 21.8 Å². The van der Waals surface area contributed by atoms with E-state index < -0.39 is 11.7 Å². The van der Waals surface area contributed by atoms with Gasteiger partial charge in [-0.05, 0) is 144 Å². The number of carbonyl (C=O) groups excluding carboxylic acids is 3. The molecule has 16 nitrogen and oxygen atoms in total. The number of rotatable bonds is 11. The van der Waals surface area contributed by atoms with Crippen LogP contribution in [-0.4, -0.2) is 63.0 Å². The molecule has 8 aromatic rings. The largest absolute Gasteiger partial charge is 0.444 e. The minimum absolute atomic E-state index is 0. The number of hydrogen-bond donors (Lipinski definition) is 4. The lowest BCUT2D eigenvalue weighted by molar-refractivity contribution is 0.0634. The van der Waals surface area contributed by atoms with Crippen LogP contribution >= 0.6 is 23.2 Å². The van der Waals surface area contributed by atoms with Crippen molar-refractivity contribution in [2.75, 3.05) is 11.1 Å². The Morgan fingerprint density at radius 3 is 1.54 bits per heavy atom. The Morgan fingerprint density at radius 2 is 1.10 bits per heavy atom. The molecule has 0 unspecified atom stereocenters. The number of nitrogen functional groups attached to an aromatic ring is 1. The number of carbonyl (C=O) groups is 3. The zero-order valence-electron chi connectivity index (χ0n) is 40.0. The first-order valence-electron chi connectivity index (χ1n) is 22.1. The van der Waals surface area contributed by atoms with E-state index >= 15 is 0 Å². The number of aryl methyl sites for hydroxylation is 6. The van der Waals surface area contributed by atoms with Crippen LogP contribution in [0, 0.1) is 41.5 Å². The first-order chi connectivity index (χ1) is 32.7. The van der Waals surface area contributed by atoms with Crippen LogP contribution in [0.15, 0.2) is 85.5 Å². The number of nitrogens with zero attached hydrogens (tertiary/aromatic N) is 8. The molecule has 0 spiro atoms. The smallest absolute Gasteiger partial charge is 0.413 e. The molecule has 0 saturated carbocycles. The SMILES string of the molecule is C.Cc1cc(N)nc(C)c1CNC(=O)c1cn(Cc2ccc3ncc(Cl)cc3c2)nc1C.Cc1cc(NC(=O)OC(C)(C)C)nc(C)c1CNC(=O)c1cn(Cc2ccc3ncc(Cl)cc3c2)nc1C. The highest BCUT2D eigenvalue weighted by atomic mass is 35.5. The maximum Gasteiger partial charge on any atom is 0.413 e. The van der Waals surface area contributed by atoms with E-state index in [9.17, 15) is 14.4 Å². The fourth-order valence-corrected chi connectivity index (χ4v) is 8.14. The van der Waals surface area contributed by atoms with Crippen molar-refractivity contribution < 1.29 is 19.1 Å². The number of nitrogens with one attached hydrogen (secondary N) is 3. The number of benzene rings is 2. The number of aromatic nitrogens is 8. The van der Waals surface area contributed by atoms with Crippen LogP contribution in [0.5, 0.6) is 0 Å². The van der Waals surface area contributed by atoms with Gasteiger partial charge in [0.25, 0.3) is 11.8 Å². The van der Waals surface area contributed by atoms with Crippen molar-refractivity contribution in [2.45, 2.75) is 102 Å². The van der Waals surface area contributed by atoms with Gasteiger partial charge >= 0.3 is 6.09 Å². The Hall–Kier alpha value is -7.43. The number of anilines is 2. The summed E-state index contributed by atoms with van der Waals surface area (Å²) in [4.78, 5) is 55.2. The molecule has 6 heterocycles. The van der Waals surface area contributed by atoms with Gasteiger partial charge in [0.1, 0.15) is 17.2 Å². The average molecular weight is 986 g/mol. The number of hydrogen-bond acceptors (Lipinski definition) is 11. The van der Waals surface area contributed by atoms with E-state index in [1.54, 1.807) is 61.0 Å². The zero-order chi connectivity index (χ0) is 49.7. The number of pyridine rings is 4. The van der Waals surface area contributed by atoms with Gasteiger partial charge in [-0.2, -0.15) is 10.2 Å². The summed E-state index contributed by atoms with van der Waals surface area (Å²) in [5.41, 5.74) is 16.6. The monoisotopic (exact) mass is 984 g/mol. The third-order valence-corrected chi connectivity index (χ3v) is 11.5. The maximum absolute atomic E-state index is 13.0. The summed E-state index contributed by atoms with van der Waals surface area (Å²) in [6, 6.07) is 19.3. The predicted molar refractivity (Wildman–Crippen MR) is 276 cm³/mol. The highest BCUT2D eigenvalue weighted by Gasteiger charge is 2.20. The van der Waals surface area contributed by atoms with Crippen molar-refractivity contribution in [3.8, 4) is 0 Å². The standard InChI is InChI=1S/C28H31ClN6O3.C23H23ClN6O.CH4/c1-16-9-25(33-27(37)38-28(4,5)6)32-17(2)22(16)13-31-26(36)23-15-35(34-18(23)3)14-19-7-8-24-20(10-19)11-21(29)12-30-24;1-13-6-22(25)28-14(2)19(13)10-27-23(31)20-12-30(29-15(20)3)11-16-4-5-21-17(7-16)8-18(24)9-26-21;/h7-12,15H,13-14H2,1-6H3,(H,31,36)(H,32,33,37);4-9,12H,10-11H2,1-3H3,(H2,25,28)(H,27,31);1H4. The maximum atomic E-state index is 13.0. The second kappa shape index (κ2) is 21.9. The predicted octanol–water partition coefficient (Wildman–Crippen LogP) is 10.3. The van der Waals surface area contributed by atoms with E-state index in [4.69, 9.17) is 33.7 Å². The fourth-order valence-electron chi connectivity index (χ4n) is 7.80. The second-order valence-corrected chi connectivity index (χ2v) is 18.7. The van der Waals surface area contributed by atoms with Crippen molar-refractivity contribution in [1.29, 1.82) is 0 Å². The minimum Gasteiger partial charge on any atom is -0.444 e. The fraction of sp³-hybridized carbons (Fsp3) is 0.288. The van der Waals surface area contributed by atoms with Crippen LogP contribution in [0.1, 0.15) is 105 Å². The molecule has 0 radical (unpaired) electrons. The van der Waals surface area contributed by atoms with Gasteiger partial charge in [-0.25, -0.2) is 14.8 Å². The van der Waals surface area contributed by atoms with Crippen molar-refractivity contribution in [2.24, 2.45) is 0 Å². The van der Waals surface area contributed by atoms with E-state index in [2.05, 4.69) is 46.1 Å². The summed E-state index contributed by atoms with van der Waals surface area (Å²) >= 11 is 12.1. The first-order valence-corrected chi connectivity index (χ1v) is 22.9. The molecule has 18 heteroatoms. The normalized spacial score (nSPS) is 11.1. The van der Waals surface area contributed by atoms with E-state index in [0.29, 0.717) is 76.1 Å². The Balaban J connectivity index is 0.000000231. The molecule has 0 aliphatic heterocycles. The van der Waals surface area contributed by atoms with Gasteiger partial charge in [-0.15, -0.1) is 0 Å². The number of nitrogens with two attached hydrogens (primary N) is 1. The lowest BCUT2D eigenvalue weighted by Crippen LogP contribution is -2.28. The molecule has 2 aromatic carbocycles. The Bertz CT molecular complexity index is 3200. The lowest BCUT2D eigenvalue weighted by atomic mass is 10.1. The summed E-state index contributed by atoms with van der Waals surface area (Å²) in [6.45, 7) is 18.3. The van der Waals surface area contributed by atoms with Crippen LogP contribution in [0.2, 0.25) is 10.0 Å². The summed E-state index contributed by atoms with van der Waals surface area (Å²) < 4.78 is 8.81. The number of fused-ring (bicyclic) bond motifs is 2. The van der Waals surface area contributed by atoms with E-state index in [1.165, 1.54) is 0 Å². The third kappa shape index (κ3) is 13.2. The molecule has 3 amide bonds. The zero-order valence-corrected chi connectivity index (χ0v) is 41.5. The Morgan fingerprint density at radius 1 is 0.643 bits per heavy atom. The van der Waals surface area contributed by atoms with Crippen LogP contribution in [0.3, 0.4) is 0 Å². The third-order valence-electron chi connectivity index (χ3n) is 11.1. The van der Waals surface area contributed by atoms with Gasteiger partial charge in [0.15, 0.2) is 0 Å². The van der Waals surface area contributed by atoms with Gasteiger partial charge < -0.3 is 21.1 Å². The van der Waals surface area contributed by atoms with Crippen LogP contribution < -0.4 is 21.7 Å². The molecular weight excluding hydrogens is 928 g/mol. The summed E-state index contributed by atoms with van der Waals surface area (Å²) in [7, 11) is 0. The number of amides is 3. The molecule has 0 bridgehead atoms. The summed E-state index contributed by atoms with van der Waals surface area (Å²) in [5, 5.41) is 20.7. The molecule has 0 atom stereocenters. The minimum atomic E-state index is -0.606. The van der Waals surface area contributed by atoms with Gasteiger partial charge in [-0.3, -0.25) is 34.2 Å². The van der Waals surface area contributed by atoms with Gasteiger partial charge in [0, 0.05) is 60.0 Å². The van der Waals surface area contributed by atoms with Gasteiger partial charge in [-0.1, -0.05) is 42.8 Å². The van der Waals surface area contributed by atoms with Crippen LogP contribution in [0.4, 0.5) is 16.4 Å². The molecule has 0 aliphatic rings. The number of halogens is 2. The van der Waals surface area contributed by atoms with E-state index in [-0.39, 0.29) is 19.2 Å².